The van der Waals surface area contributed by atoms with Gasteiger partial charge in [-0.1, -0.05) is 42.0 Å². The van der Waals surface area contributed by atoms with E-state index in [1.165, 1.54) is 17.7 Å². The summed E-state index contributed by atoms with van der Waals surface area (Å²) in [6.07, 6.45) is 1.75. The van der Waals surface area contributed by atoms with Crippen LogP contribution in [0.2, 0.25) is 0 Å². The van der Waals surface area contributed by atoms with E-state index in [1.54, 1.807) is 0 Å². The molecule has 1 heterocycles. The summed E-state index contributed by atoms with van der Waals surface area (Å²) in [5.74, 6) is 0.0460. The molecule has 0 atom stereocenters. The molecule has 0 radical (unpaired) electrons. The normalized spacial score (nSPS) is 15.9. The van der Waals surface area contributed by atoms with Crippen LogP contribution < -0.4 is 5.32 Å². The highest BCUT2D eigenvalue weighted by Gasteiger charge is 2.24. The third-order valence-electron chi connectivity index (χ3n) is 4.87. The van der Waals surface area contributed by atoms with Crippen molar-refractivity contribution in [2.45, 2.75) is 32.9 Å². The summed E-state index contributed by atoms with van der Waals surface area (Å²) < 4.78 is 13.0. The van der Waals surface area contributed by atoms with Crippen LogP contribution in [0.4, 0.5) is 4.39 Å². The van der Waals surface area contributed by atoms with Crippen LogP contribution in [0.5, 0.6) is 0 Å². The SMILES string of the molecule is Cc1ccc(CNC(=O)C2CCN(Cc3ccc(F)cc3)CC2)cc1. The molecule has 2 aromatic carbocycles. The number of piperidine rings is 1. The van der Waals surface area contributed by atoms with Gasteiger partial charge in [0.15, 0.2) is 0 Å². The minimum absolute atomic E-state index is 0.0925. The summed E-state index contributed by atoms with van der Waals surface area (Å²) in [4.78, 5) is 14.7. The molecule has 1 aliphatic rings. The quantitative estimate of drug-likeness (QED) is 0.901. The fraction of sp³-hybridized carbons (Fsp3) is 0.381. The molecule has 0 bridgehead atoms. The number of nitrogens with zero attached hydrogens (tertiary/aromatic N) is 1. The lowest BCUT2D eigenvalue weighted by atomic mass is 9.95. The fourth-order valence-electron chi connectivity index (χ4n) is 3.24. The molecule has 0 unspecified atom stereocenters. The van der Waals surface area contributed by atoms with Crippen molar-refractivity contribution in [1.29, 1.82) is 0 Å². The first-order valence-corrected chi connectivity index (χ1v) is 8.90. The highest BCUT2D eigenvalue weighted by atomic mass is 19.1. The first-order chi connectivity index (χ1) is 12.1. The Balaban J connectivity index is 1.42. The minimum Gasteiger partial charge on any atom is -0.352 e. The number of amides is 1. The summed E-state index contributed by atoms with van der Waals surface area (Å²) >= 11 is 0. The van der Waals surface area contributed by atoms with Crippen LogP contribution in [0.15, 0.2) is 48.5 Å². The highest BCUT2D eigenvalue weighted by molar-refractivity contribution is 5.78. The molecular weight excluding hydrogens is 315 g/mol. The van der Waals surface area contributed by atoms with E-state index in [9.17, 15) is 9.18 Å². The number of benzene rings is 2. The van der Waals surface area contributed by atoms with Crippen LogP contribution in [0.3, 0.4) is 0 Å². The molecule has 1 amide bonds. The molecule has 1 N–H and O–H groups in total. The molecule has 0 aromatic heterocycles. The van der Waals surface area contributed by atoms with Crippen molar-refractivity contribution in [2.24, 2.45) is 5.92 Å². The average molecular weight is 340 g/mol. The van der Waals surface area contributed by atoms with Gasteiger partial charge in [-0.05, 0) is 56.1 Å². The van der Waals surface area contributed by atoms with E-state index < -0.39 is 0 Å². The third-order valence-corrected chi connectivity index (χ3v) is 4.87. The van der Waals surface area contributed by atoms with Gasteiger partial charge in [-0.15, -0.1) is 0 Å². The molecule has 0 saturated carbocycles. The molecule has 2 aromatic rings. The van der Waals surface area contributed by atoms with Crippen LogP contribution in [-0.2, 0) is 17.9 Å². The molecule has 0 spiro atoms. The number of carbonyl (C=O) groups excluding carboxylic acids is 1. The topological polar surface area (TPSA) is 32.3 Å². The van der Waals surface area contributed by atoms with Crippen LogP contribution in [0.1, 0.15) is 29.5 Å². The summed E-state index contributed by atoms with van der Waals surface area (Å²) in [6, 6.07) is 14.9. The minimum atomic E-state index is -0.201. The Hall–Kier alpha value is -2.20. The molecular formula is C21H25FN2O. The van der Waals surface area contributed by atoms with Gasteiger partial charge >= 0.3 is 0 Å². The second-order valence-electron chi connectivity index (χ2n) is 6.88. The Morgan fingerprint density at radius 3 is 2.28 bits per heavy atom. The monoisotopic (exact) mass is 340 g/mol. The highest BCUT2D eigenvalue weighted by Crippen LogP contribution is 2.19. The molecule has 3 rings (SSSR count). The molecule has 1 saturated heterocycles. The predicted octanol–water partition coefficient (Wildman–Crippen LogP) is 3.66. The van der Waals surface area contributed by atoms with Gasteiger partial charge in [-0.3, -0.25) is 9.69 Å². The van der Waals surface area contributed by atoms with Gasteiger partial charge in [0, 0.05) is 19.0 Å². The molecule has 4 heteroatoms. The van der Waals surface area contributed by atoms with Crippen LogP contribution in [0, 0.1) is 18.7 Å². The fourth-order valence-corrected chi connectivity index (χ4v) is 3.24. The zero-order valence-corrected chi connectivity index (χ0v) is 14.7. The van der Waals surface area contributed by atoms with Gasteiger partial charge in [0.25, 0.3) is 0 Å². The summed E-state index contributed by atoms with van der Waals surface area (Å²) in [5.41, 5.74) is 3.47. The molecule has 0 aliphatic carbocycles. The van der Waals surface area contributed by atoms with Crippen molar-refractivity contribution in [2.75, 3.05) is 13.1 Å². The van der Waals surface area contributed by atoms with Crippen LogP contribution in [-0.4, -0.2) is 23.9 Å². The van der Waals surface area contributed by atoms with Crippen molar-refractivity contribution in [3.63, 3.8) is 0 Å². The Morgan fingerprint density at radius 1 is 1.04 bits per heavy atom. The largest absolute Gasteiger partial charge is 0.352 e. The van der Waals surface area contributed by atoms with E-state index in [2.05, 4.69) is 41.4 Å². The van der Waals surface area contributed by atoms with Crippen molar-refractivity contribution < 1.29 is 9.18 Å². The van der Waals surface area contributed by atoms with Gasteiger partial charge < -0.3 is 5.32 Å². The van der Waals surface area contributed by atoms with Crippen molar-refractivity contribution in [3.05, 3.63) is 71.0 Å². The molecule has 25 heavy (non-hydrogen) atoms. The van der Waals surface area contributed by atoms with Gasteiger partial charge in [-0.25, -0.2) is 4.39 Å². The van der Waals surface area contributed by atoms with Gasteiger partial charge in [0.2, 0.25) is 5.91 Å². The van der Waals surface area contributed by atoms with E-state index in [-0.39, 0.29) is 17.6 Å². The number of carbonyl (C=O) groups is 1. The maximum absolute atomic E-state index is 13.0. The number of halogens is 1. The van der Waals surface area contributed by atoms with Gasteiger partial charge in [-0.2, -0.15) is 0 Å². The predicted molar refractivity (Wildman–Crippen MR) is 97.4 cm³/mol. The smallest absolute Gasteiger partial charge is 0.223 e. The third kappa shape index (κ3) is 5.13. The van der Waals surface area contributed by atoms with E-state index in [0.29, 0.717) is 6.54 Å². The zero-order chi connectivity index (χ0) is 17.6. The average Bonchev–Trinajstić information content (AvgIpc) is 2.63. The lowest BCUT2D eigenvalue weighted by Crippen LogP contribution is -2.40. The van der Waals surface area contributed by atoms with E-state index in [1.807, 2.05) is 12.1 Å². The Kier molecular flexibility index (Phi) is 5.82. The maximum Gasteiger partial charge on any atom is 0.223 e. The first-order valence-electron chi connectivity index (χ1n) is 8.90. The second-order valence-corrected chi connectivity index (χ2v) is 6.88. The first kappa shape index (κ1) is 17.6. The molecule has 3 nitrogen and oxygen atoms in total. The summed E-state index contributed by atoms with van der Waals surface area (Å²) in [5, 5.41) is 3.06. The van der Waals surface area contributed by atoms with Crippen LogP contribution >= 0.6 is 0 Å². The molecule has 132 valence electrons. The van der Waals surface area contributed by atoms with E-state index >= 15 is 0 Å². The van der Waals surface area contributed by atoms with Gasteiger partial charge in [0.1, 0.15) is 5.82 Å². The van der Waals surface area contributed by atoms with E-state index in [0.717, 1.165) is 43.6 Å². The lowest BCUT2D eigenvalue weighted by Gasteiger charge is -2.31. The Bertz CT molecular complexity index is 689. The number of likely N-dealkylation sites (tertiary alicyclic amines) is 1. The number of rotatable bonds is 5. The molecule has 1 fully saturated rings. The van der Waals surface area contributed by atoms with Crippen molar-refractivity contribution in [3.8, 4) is 0 Å². The second kappa shape index (κ2) is 8.26. The number of hydrogen-bond acceptors (Lipinski definition) is 2. The van der Waals surface area contributed by atoms with Gasteiger partial charge in [0.05, 0.1) is 0 Å². The lowest BCUT2D eigenvalue weighted by molar-refractivity contribution is -0.126. The number of hydrogen-bond donors (Lipinski definition) is 1. The number of nitrogens with one attached hydrogen (secondary N) is 1. The molecule has 1 aliphatic heterocycles. The van der Waals surface area contributed by atoms with Crippen molar-refractivity contribution >= 4 is 5.91 Å². The summed E-state index contributed by atoms with van der Waals surface area (Å²) in [6.45, 7) is 5.27. The standard InChI is InChI=1S/C21H25FN2O/c1-16-2-4-17(5-3-16)14-23-21(25)19-10-12-24(13-11-19)15-18-6-8-20(22)9-7-18/h2-9,19H,10-15H2,1H3,(H,23,25). The number of aryl methyl sites for hydroxylation is 1. The summed E-state index contributed by atoms with van der Waals surface area (Å²) in [7, 11) is 0. The zero-order valence-electron chi connectivity index (χ0n) is 14.7. The van der Waals surface area contributed by atoms with Crippen molar-refractivity contribution in [1.82, 2.24) is 10.2 Å². The van der Waals surface area contributed by atoms with Crippen LogP contribution in [0.25, 0.3) is 0 Å². The van der Waals surface area contributed by atoms with E-state index in [4.69, 9.17) is 0 Å². The Labute approximate surface area is 148 Å². The maximum atomic E-state index is 13.0. The Morgan fingerprint density at radius 2 is 1.64 bits per heavy atom.